The standard InChI is InChI=1S/C7H17NO9S2/c1-2-6(8-18(11,12)13)7(10)3-5(9)4-17-19(14,15)16/h5-10H,2-4H2,1H3,(H,11,12,13)(H,14,15,16)/t5?,6?,7-/m0/s1. The monoisotopic (exact) mass is 323 g/mol. The minimum absolute atomic E-state index is 0.118. The predicted octanol–water partition coefficient (Wildman–Crippen LogP) is -1.91. The van der Waals surface area contributed by atoms with Crippen LogP contribution in [0.4, 0.5) is 0 Å². The van der Waals surface area contributed by atoms with Gasteiger partial charge in [-0.2, -0.15) is 21.6 Å². The second kappa shape index (κ2) is 7.44. The average Bonchev–Trinajstić information content (AvgIpc) is 2.20. The summed E-state index contributed by atoms with van der Waals surface area (Å²) in [5.74, 6) is 0. The van der Waals surface area contributed by atoms with Crippen molar-refractivity contribution in [3.63, 3.8) is 0 Å². The lowest BCUT2D eigenvalue weighted by Crippen LogP contribution is -2.44. The van der Waals surface area contributed by atoms with E-state index in [1.807, 2.05) is 0 Å². The van der Waals surface area contributed by atoms with Crippen molar-refractivity contribution in [3.8, 4) is 0 Å². The van der Waals surface area contributed by atoms with E-state index in [1.54, 1.807) is 4.72 Å². The molecule has 2 unspecified atom stereocenters. The Labute approximate surface area is 111 Å². The Kier molecular flexibility index (Phi) is 7.31. The fourth-order valence-corrected chi connectivity index (χ4v) is 2.34. The van der Waals surface area contributed by atoms with Gasteiger partial charge in [0.05, 0.1) is 18.8 Å². The minimum Gasteiger partial charge on any atom is -0.391 e. The van der Waals surface area contributed by atoms with Crippen LogP contribution in [0.15, 0.2) is 0 Å². The molecular formula is C7H17NO9S2. The van der Waals surface area contributed by atoms with E-state index in [-0.39, 0.29) is 6.42 Å². The maximum atomic E-state index is 10.6. The molecule has 0 bridgehead atoms. The molecule has 0 aromatic rings. The number of hydrogen-bond donors (Lipinski definition) is 5. The van der Waals surface area contributed by atoms with Crippen LogP contribution in [0.3, 0.4) is 0 Å². The van der Waals surface area contributed by atoms with Gasteiger partial charge in [-0.1, -0.05) is 6.92 Å². The van der Waals surface area contributed by atoms with E-state index in [1.165, 1.54) is 6.92 Å². The van der Waals surface area contributed by atoms with E-state index in [0.29, 0.717) is 0 Å². The predicted molar refractivity (Wildman–Crippen MR) is 62.9 cm³/mol. The third-order valence-corrected chi connectivity index (χ3v) is 3.16. The lowest BCUT2D eigenvalue weighted by Gasteiger charge is -2.23. The molecule has 3 atom stereocenters. The second-order valence-corrected chi connectivity index (χ2v) is 6.05. The summed E-state index contributed by atoms with van der Waals surface area (Å²) >= 11 is 0. The molecule has 10 nitrogen and oxygen atoms in total. The van der Waals surface area contributed by atoms with Gasteiger partial charge in [-0.05, 0) is 6.42 Å². The highest BCUT2D eigenvalue weighted by Crippen LogP contribution is 2.08. The molecule has 19 heavy (non-hydrogen) atoms. The van der Waals surface area contributed by atoms with Gasteiger partial charge in [-0.15, -0.1) is 0 Å². The van der Waals surface area contributed by atoms with Gasteiger partial charge in [0.1, 0.15) is 0 Å². The van der Waals surface area contributed by atoms with Crippen molar-refractivity contribution in [2.75, 3.05) is 6.61 Å². The van der Waals surface area contributed by atoms with Crippen molar-refractivity contribution in [2.24, 2.45) is 0 Å². The number of rotatable bonds is 9. The third kappa shape index (κ3) is 10.1. The number of hydrogen-bond acceptors (Lipinski definition) is 7. The zero-order valence-electron chi connectivity index (χ0n) is 10.00. The first kappa shape index (κ1) is 18.7. The van der Waals surface area contributed by atoms with Gasteiger partial charge in [0.15, 0.2) is 0 Å². The highest BCUT2D eigenvalue weighted by Gasteiger charge is 2.25. The summed E-state index contributed by atoms with van der Waals surface area (Å²) in [7, 11) is -9.21. The molecule has 0 aromatic heterocycles. The third-order valence-electron chi connectivity index (χ3n) is 2.13. The molecule has 0 spiro atoms. The largest absolute Gasteiger partial charge is 0.397 e. The molecule has 0 fully saturated rings. The van der Waals surface area contributed by atoms with Crippen molar-refractivity contribution >= 4 is 20.7 Å². The Morgan fingerprint density at radius 2 is 1.68 bits per heavy atom. The molecule has 0 amide bonds. The highest BCUT2D eigenvalue weighted by atomic mass is 32.3. The van der Waals surface area contributed by atoms with Crippen LogP contribution in [0.5, 0.6) is 0 Å². The number of nitrogens with one attached hydrogen (secondary N) is 1. The van der Waals surface area contributed by atoms with Crippen molar-refractivity contribution in [1.29, 1.82) is 0 Å². The van der Waals surface area contributed by atoms with E-state index in [0.717, 1.165) is 0 Å². The molecule has 116 valence electrons. The summed E-state index contributed by atoms with van der Waals surface area (Å²) < 4.78 is 64.1. The summed E-state index contributed by atoms with van der Waals surface area (Å²) in [6.45, 7) is 0.728. The van der Waals surface area contributed by atoms with Crippen molar-refractivity contribution in [3.05, 3.63) is 0 Å². The van der Waals surface area contributed by atoms with Crippen LogP contribution in [0, 0.1) is 0 Å². The molecule has 12 heteroatoms. The van der Waals surface area contributed by atoms with Crippen LogP contribution in [-0.4, -0.2) is 61.0 Å². The number of aliphatic hydroxyl groups excluding tert-OH is 2. The normalized spacial score (nSPS) is 17.9. The van der Waals surface area contributed by atoms with E-state index in [9.17, 15) is 27.0 Å². The maximum Gasteiger partial charge on any atom is 0.397 e. The van der Waals surface area contributed by atoms with Crippen LogP contribution in [0.1, 0.15) is 19.8 Å². The molecule has 0 saturated carbocycles. The minimum atomic E-state index is -4.70. The van der Waals surface area contributed by atoms with Gasteiger partial charge in [-0.25, -0.2) is 4.18 Å². The van der Waals surface area contributed by atoms with E-state index in [4.69, 9.17) is 9.11 Å². The smallest absolute Gasteiger partial charge is 0.391 e. The average molecular weight is 323 g/mol. The van der Waals surface area contributed by atoms with Gasteiger partial charge in [-0.3, -0.25) is 9.11 Å². The van der Waals surface area contributed by atoms with Gasteiger partial charge in [0.2, 0.25) is 0 Å². The summed E-state index contributed by atoms with van der Waals surface area (Å²) in [5, 5.41) is 18.9. The van der Waals surface area contributed by atoms with Crippen LogP contribution < -0.4 is 4.72 Å². The van der Waals surface area contributed by atoms with Crippen molar-refractivity contribution < 1.29 is 40.3 Å². The van der Waals surface area contributed by atoms with Gasteiger partial charge in [0.25, 0.3) is 0 Å². The zero-order chi connectivity index (χ0) is 15.3. The molecule has 0 radical (unpaired) electrons. The Morgan fingerprint density at radius 3 is 2.05 bits per heavy atom. The Hall–Kier alpha value is -0.340. The van der Waals surface area contributed by atoms with Crippen molar-refractivity contribution in [1.82, 2.24) is 4.72 Å². The van der Waals surface area contributed by atoms with Crippen LogP contribution >= 0.6 is 0 Å². The van der Waals surface area contributed by atoms with E-state index >= 15 is 0 Å². The van der Waals surface area contributed by atoms with E-state index in [2.05, 4.69) is 4.18 Å². The number of aliphatic hydroxyl groups is 2. The lowest BCUT2D eigenvalue weighted by atomic mass is 10.0. The summed E-state index contributed by atoms with van der Waals surface area (Å²) in [5.41, 5.74) is 0. The quantitative estimate of drug-likeness (QED) is 0.304. The molecule has 0 aromatic carbocycles. The zero-order valence-corrected chi connectivity index (χ0v) is 11.6. The summed E-state index contributed by atoms with van der Waals surface area (Å²) in [6, 6.07) is -1.06. The Balaban J connectivity index is 4.36. The summed E-state index contributed by atoms with van der Waals surface area (Å²) in [4.78, 5) is 0. The van der Waals surface area contributed by atoms with Gasteiger partial charge >= 0.3 is 20.7 Å². The topological polar surface area (TPSA) is 170 Å². The fraction of sp³-hybridized carbons (Fsp3) is 1.00. The van der Waals surface area contributed by atoms with Gasteiger partial charge in [0, 0.05) is 12.5 Å². The molecule has 0 aliphatic rings. The lowest BCUT2D eigenvalue weighted by molar-refractivity contribution is 0.0340. The van der Waals surface area contributed by atoms with E-state index < -0.39 is 52.0 Å². The Morgan fingerprint density at radius 1 is 1.16 bits per heavy atom. The first-order chi connectivity index (χ1) is 8.44. The second-order valence-electron chi connectivity index (χ2n) is 3.78. The Bertz CT molecular complexity index is 459. The maximum absolute atomic E-state index is 10.6. The first-order valence-electron chi connectivity index (χ1n) is 5.17. The molecular weight excluding hydrogens is 306 g/mol. The molecule has 0 saturated heterocycles. The molecule has 5 N–H and O–H groups in total. The highest BCUT2D eigenvalue weighted by molar-refractivity contribution is 7.83. The summed E-state index contributed by atoms with van der Waals surface area (Å²) in [6.07, 6.45) is -3.13. The molecule has 0 heterocycles. The van der Waals surface area contributed by atoms with Crippen LogP contribution in [-0.2, 0) is 24.9 Å². The van der Waals surface area contributed by atoms with Gasteiger partial charge < -0.3 is 10.2 Å². The van der Waals surface area contributed by atoms with Crippen LogP contribution in [0.25, 0.3) is 0 Å². The SMILES string of the molecule is CCC(NS(=O)(=O)O)[C@@H](O)CC(O)COS(=O)(=O)O. The first-order valence-corrected chi connectivity index (χ1v) is 7.97. The molecule has 0 aliphatic heterocycles. The van der Waals surface area contributed by atoms with Crippen molar-refractivity contribution in [2.45, 2.75) is 38.0 Å². The molecule has 0 rings (SSSR count). The van der Waals surface area contributed by atoms with Crippen LogP contribution in [0.2, 0.25) is 0 Å². The molecule has 0 aliphatic carbocycles. The fourth-order valence-electron chi connectivity index (χ4n) is 1.30.